The van der Waals surface area contributed by atoms with E-state index >= 15 is 0 Å². The van der Waals surface area contributed by atoms with Crippen molar-refractivity contribution >= 4 is 11.7 Å². The van der Waals surface area contributed by atoms with Crippen molar-refractivity contribution in [2.75, 3.05) is 0 Å². The number of rotatable bonds is 0. The summed E-state index contributed by atoms with van der Waals surface area (Å²) in [5.74, 6) is -0.496. The molecule has 1 fully saturated rings. The predicted octanol–water partition coefficient (Wildman–Crippen LogP) is 1.51. The summed E-state index contributed by atoms with van der Waals surface area (Å²) in [6.45, 7) is 0.435. The minimum atomic E-state index is -0.398. The third-order valence-electron chi connectivity index (χ3n) is 3.31. The number of carbonyl (C=O) groups is 2. The van der Waals surface area contributed by atoms with Crippen molar-refractivity contribution in [3.63, 3.8) is 0 Å². The molecule has 1 atom stereocenters. The highest BCUT2D eigenvalue weighted by Crippen LogP contribution is 2.31. The van der Waals surface area contributed by atoms with Gasteiger partial charge in [0.05, 0.1) is 6.04 Å². The SMILES string of the molecule is O=C1c2cc(F)ccc2CN2C(=O)CCC12. The average molecular weight is 219 g/mol. The number of fused-ring (bicyclic) bond motifs is 2. The normalized spacial score (nSPS) is 23.3. The van der Waals surface area contributed by atoms with Gasteiger partial charge in [0.25, 0.3) is 0 Å². The summed E-state index contributed by atoms with van der Waals surface area (Å²) < 4.78 is 13.1. The lowest BCUT2D eigenvalue weighted by Crippen LogP contribution is -2.42. The molecule has 0 saturated carbocycles. The van der Waals surface area contributed by atoms with Gasteiger partial charge in [0.15, 0.2) is 5.78 Å². The number of ketones is 1. The highest BCUT2D eigenvalue weighted by Gasteiger charge is 2.40. The zero-order chi connectivity index (χ0) is 11.3. The van der Waals surface area contributed by atoms with E-state index < -0.39 is 5.82 Å². The van der Waals surface area contributed by atoms with Crippen molar-refractivity contribution in [2.45, 2.75) is 25.4 Å². The summed E-state index contributed by atoms with van der Waals surface area (Å²) in [4.78, 5) is 25.2. The van der Waals surface area contributed by atoms with Crippen LogP contribution in [-0.4, -0.2) is 22.6 Å². The first-order chi connectivity index (χ1) is 7.66. The first-order valence-corrected chi connectivity index (χ1v) is 5.29. The Balaban J connectivity index is 2.10. The lowest BCUT2D eigenvalue weighted by Gasteiger charge is -2.30. The van der Waals surface area contributed by atoms with Gasteiger partial charge in [-0.05, 0) is 24.1 Å². The van der Waals surface area contributed by atoms with Gasteiger partial charge >= 0.3 is 0 Å². The number of hydrogen-bond donors (Lipinski definition) is 0. The van der Waals surface area contributed by atoms with Crippen LogP contribution in [0.3, 0.4) is 0 Å². The van der Waals surface area contributed by atoms with Crippen LogP contribution < -0.4 is 0 Å². The lowest BCUT2D eigenvalue weighted by molar-refractivity contribution is -0.129. The van der Waals surface area contributed by atoms with Gasteiger partial charge in [0, 0.05) is 18.5 Å². The summed E-state index contributed by atoms with van der Waals surface area (Å²) in [5, 5.41) is 0. The fraction of sp³-hybridized carbons (Fsp3) is 0.333. The van der Waals surface area contributed by atoms with E-state index in [2.05, 4.69) is 0 Å². The molecule has 3 rings (SSSR count). The lowest BCUT2D eigenvalue weighted by atomic mass is 9.93. The second-order valence-electron chi connectivity index (χ2n) is 4.24. The molecule has 2 aliphatic heterocycles. The molecule has 0 spiro atoms. The van der Waals surface area contributed by atoms with E-state index in [-0.39, 0.29) is 17.7 Å². The predicted molar refractivity (Wildman–Crippen MR) is 54.3 cm³/mol. The van der Waals surface area contributed by atoms with Gasteiger partial charge in [-0.15, -0.1) is 0 Å². The van der Waals surface area contributed by atoms with Crippen molar-refractivity contribution in [2.24, 2.45) is 0 Å². The molecule has 1 unspecified atom stereocenters. The molecule has 1 amide bonds. The summed E-state index contributed by atoms with van der Waals surface area (Å²) >= 11 is 0. The second kappa shape index (κ2) is 3.14. The van der Waals surface area contributed by atoms with E-state index in [4.69, 9.17) is 0 Å². The number of nitrogens with zero attached hydrogens (tertiary/aromatic N) is 1. The van der Waals surface area contributed by atoms with Crippen LogP contribution in [0.2, 0.25) is 0 Å². The van der Waals surface area contributed by atoms with Crippen molar-refractivity contribution in [3.8, 4) is 0 Å². The molecular weight excluding hydrogens is 209 g/mol. The van der Waals surface area contributed by atoms with Crippen molar-refractivity contribution in [3.05, 3.63) is 35.1 Å². The Kier molecular flexibility index (Phi) is 1.87. The number of benzene rings is 1. The Hall–Kier alpha value is -1.71. The van der Waals surface area contributed by atoms with E-state index in [0.717, 1.165) is 5.56 Å². The monoisotopic (exact) mass is 219 g/mol. The molecule has 82 valence electrons. The van der Waals surface area contributed by atoms with Crippen LogP contribution >= 0.6 is 0 Å². The number of carbonyl (C=O) groups excluding carboxylic acids is 2. The molecule has 1 aromatic rings. The van der Waals surface area contributed by atoms with Crippen LogP contribution in [0.5, 0.6) is 0 Å². The maximum atomic E-state index is 13.1. The number of halogens is 1. The van der Waals surface area contributed by atoms with E-state index in [1.165, 1.54) is 12.1 Å². The van der Waals surface area contributed by atoms with Crippen LogP contribution in [0.1, 0.15) is 28.8 Å². The molecule has 16 heavy (non-hydrogen) atoms. The summed E-state index contributed by atoms with van der Waals surface area (Å²) in [7, 11) is 0. The molecule has 1 saturated heterocycles. The van der Waals surface area contributed by atoms with Crippen molar-refractivity contribution < 1.29 is 14.0 Å². The van der Waals surface area contributed by atoms with Crippen molar-refractivity contribution in [1.29, 1.82) is 0 Å². The quantitative estimate of drug-likeness (QED) is 0.663. The van der Waals surface area contributed by atoms with Crippen LogP contribution in [0.15, 0.2) is 18.2 Å². The van der Waals surface area contributed by atoms with Gasteiger partial charge in [-0.2, -0.15) is 0 Å². The summed E-state index contributed by atoms with van der Waals surface area (Å²) in [5.41, 5.74) is 1.19. The van der Waals surface area contributed by atoms with Gasteiger partial charge in [-0.3, -0.25) is 9.59 Å². The third-order valence-corrected chi connectivity index (χ3v) is 3.31. The minimum absolute atomic E-state index is 0.0216. The largest absolute Gasteiger partial charge is 0.328 e. The fourth-order valence-electron chi connectivity index (χ4n) is 2.48. The highest BCUT2D eigenvalue weighted by atomic mass is 19.1. The van der Waals surface area contributed by atoms with Gasteiger partial charge < -0.3 is 4.90 Å². The molecule has 2 heterocycles. The van der Waals surface area contributed by atoms with Gasteiger partial charge in [-0.25, -0.2) is 4.39 Å². The van der Waals surface area contributed by atoms with Crippen LogP contribution in [0, 0.1) is 5.82 Å². The molecule has 1 aromatic carbocycles. The molecule has 3 nitrogen and oxygen atoms in total. The molecule has 0 aromatic heterocycles. The second-order valence-corrected chi connectivity index (χ2v) is 4.24. The molecule has 0 bridgehead atoms. The Morgan fingerprint density at radius 1 is 1.31 bits per heavy atom. The Morgan fingerprint density at radius 3 is 2.94 bits per heavy atom. The zero-order valence-corrected chi connectivity index (χ0v) is 8.57. The number of hydrogen-bond acceptors (Lipinski definition) is 2. The average Bonchev–Trinajstić information content (AvgIpc) is 2.63. The Labute approximate surface area is 91.9 Å². The summed E-state index contributed by atoms with van der Waals surface area (Å²) in [6, 6.07) is 3.83. The number of Topliss-reactive ketones (excluding diaryl/α,β-unsaturated/α-hetero) is 1. The van der Waals surface area contributed by atoms with E-state index in [9.17, 15) is 14.0 Å². The highest BCUT2D eigenvalue weighted by molar-refractivity contribution is 6.05. The maximum absolute atomic E-state index is 13.1. The standard InChI is InChI=1S/C12H10FNO2/c13-8-2-1-7-6-14-10(3-4-11(14)15)12(16)9(7)5-8/h1-2,5,10H,3-4,6H2. The fourth-order valence-corrected chi connectivity index (χ4v) is 2.48. The molecular formula is C12H10FNO2. The smallest absolute Gasteiger partial charge is 0.223 e. The topological polar surface area (TPSA) is 37.4 Å². The maximum Gasteiger partial charge on any atom is 0.223 e. The van der Waals surface area contributed by atoms with E-state index in [1.54, 1.807) is 11.0 Å². The third kappa shape index (κ3) is 1.19. The van der Waals surface area contributed by atoms with E-state index in [1.807, 2.05) is 0 Å². The van der Waals surface area contributed by atoms with Crippen LogP contribution in [0.25, 0.3) is 0 Å². The Morgan fingerprint density at radius 2 is 2.12 bits per heavy atom. The molecule has 0 aliphatic carbocycles. The van der Waals surface area contributed by atoms with Crippen LogP contribution in [-0.2, 0) is 11.3 Å². The van der Waals surface area contributed by atoms with Gasteiger partial charge in [-0.1, -0.05) is 6.07 Å². The van der Waals surface area contributed by atoms with Gasteiger partial charge in [0.2, 0.25) is 5.91 Å². The molecule has 0 N–H and O–H groups in total. The Bertz CT molecular complexity index is 498. The van der Waals surface area contributed by atoms with E-state index in [0.29, 0.717) is 24.9 Å². The number of amides is 1. The van der Waals surface area contributed by atoms with Crippen molar-refractivity contribution in [1.82, 2.24) is 4.90 Å². The minimum Gasteiger partial charge on any atom is -0.328 e. The first-order valence-electron chi connectivity index (χ1n) is 5.29. The van der Waals surface area contributed by atoms with Gasteiger partial charge in [0.1, 0.15) is 5.82 Å². The zero-order valence-electron chi connectivity index (χ0n) is 8.57. The molecule has 2 aliphatic rings. The first kappa shape index (κ1) is 9.51. The van der Waals surface area contributed by atoms with Crippen LogP contribution in [0.4, 0.5) is 4.39 Å². The summed E-state index contributed by atoms with van der Waals surface area (Å²) in [6.07, 6.45) is 0.987. The molecule has 4 heteroatoms. The molecule has 0 radical (unpaired) electrons.